The van der Waals surface area contributed by atoms with Crippen molar-refractivity contribution in [3.05, 3.63) is 47.3 Å². The summed E-state index contributed by atoms with van der Waals surface area (Å²) in [5.74, 6) is -2.33. The molecule has 0 radical (unpaired) electrons. The largest absolute Gasteiger partial charge is 0.417 e. The molecule has 2 aromatic rings. The highest BCUT2D eigenvalue weighted by atomic mass is 19.4. The summed E-state index contributed by atoms with van der Waals surface area (Å²) in [6, 6.07) is 2.55. The summed E-state index contributed by atoms with van der Waals surface area (Å²) < 4.78 is 53.2. The number of carbonyl (C=O) groups excluding carboxylic acids is 4. The lowest BCUT2D eigenvalue weighted by Crippen LogP contribution is -2.56. The fraction of sp³-hybridized carbons (Fsp3) is 0.618. The molecule has 0 spiro atoms. The summed E-state index contributed by atoms with van der Waals surface area (Å²) in [6.07, 6.45) is 1.41. The number of aromatic nitrogens is 2. The minimum atomic E-state index is -5.03. The van der Waals surface area contributed by atoms with Gasteiger partial charge in [0.2, 0.25) is 17.9 Å². The van der Waals surface area contributed by atoms with Gasteiger partial charge in [0.05, 0.1) is 19.3 Å². The van der Waals surface area contributed by atoms with Gasteiger partial charge in [-0.2, -0.15) is 18.3 Å². The number of nitrogens with zero attached hydrogens (tertiary/aromatic N) is 3. The number of ether oxygens (including phenoxy) is 2. The van der Waals surface area contributed by atoms with Crippen molar-refractivity contribution < 1.29 is 41.8 Å². The number of carbonyl (C=O) groups is 4. The van der Waals surface area contributed by atoms with E-state index in [1.165, 1.54) is 14.2 Å². The molecular weight excluding hydrogens is 645 g/mol. The van der Waals surface area contributed by atoms with Gasteiger partial charge in [-0.25, -0.2) is 0 Å². The van der Waals surface area contributed by atoms with Gasteiger partial charge in [-0.3, -0.25) is 23.9 Å². The van der Waals surface area contributed by atoms with Crippen LogP contribution in [-0.4, -0.2) is 90.5 Å². The second-order valence-electron chi connectivity index (χ2n) is 13.5. The predicted octanol–water partition coefficient (Wildman–Crippen LogP) is 3.79. The zero-order valence-corrected chi connectivity index (χ0v) is 28.2. The molecule has 1 heterocycles. The Morgan fingerprint density at radius 2 is 1.71 bits per heavy atom. The van der Waals surface area contributed by atoms with E-state index in [2.05, 4.69) is 15.7 Å². The third-order valence-electron chi connectivity index (χ3n) is 9.50. The maximum absolute atomic E-state index is 13.9. The molecule has 1 unspecified atom stereocenters. The fourth-order valence-electron chi connectivity index (χ4n) is 6.79. The molecule has 2 fully saturated rings. The molecule has 49 heavy (non-hydrogen) atoms. The molecule has 0 aliphatic heterocycles. The average Bonchev–Trinajstić information content (AvgIpc) is 3.98. The van der Waals surface area contributed by atoms with Crippen LogP contribution in [0.15, 0.2) is 30.5 Å². The van der Waals surface area contributed by atoms with Gasteiger partial charge in [0.1, 0.15) is 18.3 Å². The number of fused-ring (bicyclic) bond motifs is 1. The summed E-state index contributed by atoms with van der Waals surface area (Å²) in [6.45, 7) is 3.37. The highest BCUT2D eigenvalue weighted by Crippen LogP contribution is 2.51. The monoisotopic (exact) mass is 690 g/mol. The number of alkyl halides is 3. The van der Waals surface area contributed by atoms with Crippen molar-refractivity contribution in [2.24, 2.45) is 17.8 Å². The molecule has 1 aromatic carbocycles. The number of likely N-dealkylation sites (N-methyl/N-ethyl adjacent to an activating group) is 1. The van der Waals surface area contributed by atoms with E-state index in [-0.39, 0.29) is 37.0 Å². The summed E-state index contributed by atoms with van der Waals surface area (Å²) in [5.41, 5.74) is 2.31. The van der Waals surface area contributed by atoms with Gasteiger partial charge in [0.15, 0.2) is 0 Å². The van der Waals surface area contributed by atoms with E-state index in [9.17, 15) is 32.3 Å². The first-order chi connectivity index (χ1) is 23.3. The second-order valence-corrected chi connectivity index (χ2v) is 13.5. The van der Waals surface area contributed by atoms with Gasteiger partial charge in [-0.05, 0) is 99.5 Å². The van der Waals surface area contributed by atoms with Crippen LogP contribution in [-0.2, 0) is 30.3 Å². The Morgan fingerprint density at radius 3 is 2.33 bits per heavy atom. The van der Waals surface area contributed by atoms with Crippen molar-refractivity contribution in [2.75, 3.05) is 39.3 Å². The van der Waals surface area contributed by atoms with Gasteiger partial charge < -0.3 is 30.3 Å². The van der Waals surface area contributed by atoms with Crippen LogP contribution in [0.1, 0.15) is 79.7 Å². The number of hydrogen-bond donors (Lipinski definition) is 3. The summed E-state index contributed by atoms with van der Waals surface area (Å²) in [5, 5.41) is 12.0. The van der Waals surface area contributed by atoms with Gasteiger partial charge in [0, 0.05) is 32.1 Å². The van der Waals surface area contributed by atoms with Crippen molar-refractivity contribution in [3.63, 3.8) is 0 Å². The number of nitrogens with one attached hydrogen (secondary N) is 3. The molecule has 0 bridgehead atoms. The molecular formula is C34H45F3N6O6. The Hall–Kier alpha value is -3.98. The molecule has 4 amide bonds. The van der Waals surface area contributed by atoms with E-state index in [4.69, 9.17) is 9.47 Å². The van der Waals surface area contributed by atoms with Crippen molar-refractivity contribution in [1.29, 1.82) is 0 Å². The first-order valence-electron chi connectivity index (χ1n) is 16.8. The van der Waals surface area contributed by atoms with Crippen LogP contribution in [0.4, 0.5) is 18.9 Å². The molecule has 3 aliphatic rings. The number of rotatable bonds is 16. The van der Waals surface area contributed by atoms with Crippen LogP contribution in [0.5, 0.6) is 0 Å². The van der Waals surface area contributed by atoms with Crippen LogP contribution in [0, 0.1) is 17.8 Å². The van der Waals surface area contributed by atoms with E-state index in [1.807, 2.05) is 13.8 Å². The highest BCUT2D eigenvalue weighted by molar-refractivity contribution is 6.01. The predicted molar refractivity (Wildman–Crippen MR) is 172 cm³/mol. The molecule has 3 aliphatic carbocycles. The number of benzene rings is 1. The van der Waals surface area contributed by atoms with Crippen LogP contribution < -0.4 is 16.0 Å². The third kappa shape index (κ3) is 8.79. The maximum atomic E-state index is 13.9. The van der Waals surface area contributed by atoms with E-state index in [0.717, 1.165) is 36.1 Å². The van der Waals surface area contributed by atoms with E-state index < -0.39 is 42.7 Å². The van der Waals surface area contributed by atoms with Crippen molar-refractivity contribution in [2.45, 2.75) is 82.7 Å². The molecule has 15 heteroatoms. The van der Waals surface area contributed by atoms with Crippen LogP contribution in [0.25, 0.3) is 0 Å². The Kier molecular flexibility index (Phi) is 11.3. The van der Waals surface area contributed by atoms with Crippen molar-refractivity contribution in [1.82, 2.24) is 25.3 Å². The molecule has 3 N–H and O–H groups in total. The number of anilines is 1. The quantitative estimate of drug-likeness (QED) is 0.228. The lowest BCUT2D eigenvalue weighted by Gasteiger charge is -2.31. The standard InChI is InChI=1S/C34H45F3N6O6/c1-19(2)43-26(13-14-38-43)31(45)41-29(28(20-5-6-20)21-7-8-21)32(46)39-23-10-11-24-22(17-23)9-12-25(24)42(3)33(47)30(34(35,36)37)40-27(44)18-49-16-15-48-4/h10-11,13-14,17,19-21,25,28-30H,5-9,12,15-16,18H2,1-4H3,(H,39,46)(H,40,44)(H,41,45)/t25-,29+,30?/m1/s1. The van der Waals surface area contributed by atoms with Gasteiger partial charge in [0.25, 0.3) is 11.8 Å². The summed E-state index contributed by atoms with van der Waals surface area (Å²) >= 11 is 0. The molecule has 0 saturated heterocycles. The molecule has 12 nitrogen and oxygen atoms in total. The fourth-order valence-corrected chi connectivity index (χ4v) is 6.79. The highest BCUT2D eigenvalue weighted by Gasteiger charge is 2.50. The van der Waals surface area contributed by atoms with Gasteiger partial charge in [-0.15, -0.1) is 0 Å². The molecule has 268 valence electrons. The minimum absolute atomic E-state index is 0.0110. The van der Waals surface area contributed by atoms with Crippen molar-refractivity contribution >= 4 is 29.3 Å². The first kappa shape index (κ1) is 36.3. The number of methoxy groups -OCH3 is 1. The van der Waals surface area contributed by atoms with E-state index in [1.54, 1.807) is 40.5 Å². The molecule has 2 saturated carbocycles. The average molecular weight is 691 g/mol. The van der Waals surface area contributed by atoms with E-state index in [0.29, 0.717) is 41.6 Å². The second kappa shape index (κ2) is 15.3. The zero-order chi connectivity index (χ0) is 35.5. The zero-order valence-electron chi connectivity index (χ0n) is 28.2. The van der Waals surface area contributed by atoms with Crippen molar-refractivity contribution in [3.8, 4) is 0 Å². The van der Waals surface area contributed by atoms with E-state index >= 15 is 0 Å². The van der Waals surface area contributed by atoms with Crippen LogP contribution in [0.3, 0.4) is 0 Å². The minimum Gasteiger partial charge on any atom is -0.382 e. The first-order valence-corrected chi connectivity index (χ1v) is 16.8. The lowest BCUT2D eigenvalue weighted by molar-refractivity contribution is -0.179. The number of aryl methyl sites for hydroxylation is 1. The SMILES string of the molecule is COCCOCC(=O)NC(C(=O)N(C)[C@@H]1CCc2cc(NC(=O)[C@@H](NC(=O)c3ccnn3C(C)C)C(C3CC3)C3CC3)ccc21)C(F)(F)F. The van der Waals surface area contributed by atoms with Gasteiger partial charge in [-0.1, -0.05) is 6.07 Å². The normalized spacial score (nSPS) is 18.6. The lowest BCUT2D eigenvalue weighted by atomic mass is 9.88. The topological polar surface area (TPSA) is 144 Å². The Balaban J connectivity index is 1.28. The maximum Gasteiger partial charge on any atom is 0.417 e. The summed E-state index contributed by atoms with van der Waals surface area (Å²) in [7, 11) is 2.70. The van der Waals surface area contributed by atoms with Gasteiger partial charge >= 0.3 is 6.18 Å². The Bertz CT molecular complexity index is 1510. The molecule has 1 aromatic heterocycles. The Labute approximate surface area is 283 Å². The molecule has 5 rings (SSSR count). The summed E-state index contributed by atoms with van der Waals surface area (Å²) in [4.78, 5) is 53.7. The smallest absolute Gasteiger partial charge is 0.382 e. The van der Waals surface area contributed by atoms with Crippen LogP contribution in [0.2, 0.25) is 0 Å². The number of halogens is 3. The van der Waals surface area contributed by atoms with Crippen LogP contribution >= 0.6 is 0 Å². The Morgan fingerprint density at radius 1 is 1.02 bits per heavy atom. The third-order valence-corrected chi connectivity index (χ3v) is 9.50. The number of hydrogen-bond acceptors (Lipinski definition) is 7. The number of amides is 4. The molecule has 3 atom stereocenters.